The lowest BCUT2D eigenvalue weighted by Gasteiger charge is -2.50. The molecule has 4 aromatic rings. The van der Waals surface area contributed by atoms with E-state index < -0.39 is 23.4 Å². The summed E-state index contributed by atoms with van der Waals surface area (Å²) in [5.41, 5.74) is 12.1. The van der Waals surface area contributed by atoms with E-state index in [-0.39, 0.29) is 28.7 Å². The van der Waals surface area contributed by atoms with Gasteiger partial charge < -0.3 is 26.4 Å². The molecule has 5 N–H and O–H groups in total. The normalized spacial score (nSPS) is 18.8. The molecule has 1 aliphatic rings. The Bertz CT molecular complexity index is 1730. The van der Waals surface area contributed by atoms with Crippen LogP contribution in [-0.4, -0.2) is 55.1 Å². The van der Waals surface area contributed by atoms with Crippen molar-refractivity contribution in [1.29, 1.82) is 0 Å². The van der Waals surface area contributed by atoms with Gasteiger partial charge in [-0.3, -0.25) is 4.79 Å². The van der Waals surface area contributed by atoms with Crippen molar-refractivity contribution in [2.75, 3.05) is 22.5 Å². The van der Waals surface area contributed by atoms with E-state index in [9.17, 15) is 14.0 Å². The Kier molecular flexibility index (Phi) is 7.59. The molecule has 2 amide bonds. The van der Waals surface area contributed by atoms with Crippen LogP contribution in [0.2, 0.25) is 0 Å². The Labute approximate surface area is 248 Å². The van der Waals surface area contributed by atoms with Gasteiger partial charge in [0.05, 0.1) is 17.4 Å². The number of aromatic nitrogens is 5. The smallest absolute Gasteiger partial charge is 0.405 e. The van der Waals surface area contributed by atoms with Crippen LogP contribution >= 0.6 is 0 Å². The van der Waals surface area contributed by atoms with Crippen molar-refractivity contribution in [1.82, 2.24) is 24.9 Å². The summed E-state index contributed by atoms with van der Waals surface area (Å²) in [7, 11) is 0. The van der Waals surface area contributed by atoms with Crippen LogP contribution in [0.5, 0.6) is 0 Å². The largest absolute Gasteiger partial charge is 0.443 e. The number of carbonyl (C=O) groups is 2. The summed E-state index contributed by atoms with van der Waals surface area (Å²) in [5.74, 6) is -0.426. The summed E-state index contributed by atoms with van der Waals surface area (Å²) < 4.78 is 19.6. The highest BCUT2D eigenvalue weighted by molar-refractivity contribution is 6.07. The molecule has 224 valence electrons. The third kappa shape index (κ3) is 6.15. The topological polar surface area (TPSA) is 175 Å². The minimum absolute atomic E-state index is 0.0895. The average molecular weight is 588 g/mol. The minimum atomic E-state index is -0.811. The molecule has 5 rings (SSSR count). The quantitative estimate of drug-likeness (QED) is 0.298. The van der Waals surface area contributed by atoms with Gasteiger partial charge >= 0.3 is 6.09 Å². The van der Waals surface area contributed by atoms with Crippen LogP contribution < -0.4 is 21.7 Å². The van der Waals surface area contributed by atoms with Gasteiger partial charge in [0.2, 0.25) is 0 Å². The van der Waals surface area contributed by atoms with E-state index in [0.717, 1.165) is 0 Å². The fourth-order valence-electron chi connectivity index (χ4n) is 5.51. The SMILES string of the molecule is Cc1nc(-c2cnc(N)c(C(=O)Nc3ncccc3N3CCC(C)(OC(N)=O)CC3C(C)(C)C)n2)c2cc(F)ccc2n1. The standard InChI is InChI=1S/C30H34FN9O3/c1-16-36-19-9-8-17(31)13-18(19)23(37-16)20-15-35-25(32)24(38-20)27(41)39-26-21(7-6-11-34-26)40-12-10-30(5,43-28(33)42)14-22(40)29(2,3)4/h6-9,11,13,15,22H,10,12,14H2,1-5H3,(H2,32,35)(H2,33,42)(H,34,39,41). The highest BCUT2D eigenvalue weighted by atomic mass is 19.1. The van der Waals surface area contributed by atoms with E-state index in [1.54, 1.807) is 25.3 Å². The second kappa shape index (κ2) is 11.0. The number of anilines is 3. The van der Waals surface area contributed by atoms with Crippen LogP contribution in [-0.2, 0) is 4.74 Å². The Hall–Kier alpha value is -4.94. The molecule has 0 radical (unpaired) electrons. The maximum Gasteiger partial charge on any atom is 0.405 e. The highest BCUT2D eigenvalue weighted by Gasteiger charge is 2.44. The van der Waals surface area contributed by atoms with Gasteiger partial charge in [0.15, 0.2) is 17.3 Å². The zero-order valence-corrected chi connectivity index (χ0v) is 24.7. The number of primary amides is 1. The number of piperidine rings is 1. The molecule has 13 heteroatoms. The highest BCUT2D eigenvalue weighted by Crippen LogP contribution is 2.42. The van der Waals surface area contributed by atoms with Gasteiger partial charge in [-0.05, 0) is 49.6 Å². The number of fused-ring (bicyclic) bond motifs is 1. The first-order valence-electron chi connectivity index (χ1n) is 13.8. The van der Waals surface area contributed by atoms with Crippen molar-refractivity contribution in [3.8, 4) is 11.4 Å². The maximum atomic E-state index is 14.1. The third-order valence-electron chi connectivity index (χ3n) is 7.59. The van der Waals surface area contributed by atoms with Crippen molar-refractivity contribution in [2.45, 2.75) is 59.1 Å². The number of rotatable bonds is 5. The molecule has 3 aromatic heterocycles. The zero-order chi connectivity index (χ0) is 31.1. The fraction of sp³-hybridized carbons (Fsp3) is 0.367. The third-order valence-corrected chi connectivity index (χ3v) is 7.59. The number of hydrogen-bond acceptors (Lipinski definition) is 10. The zero-order valence-electron chi connectivity index (χ0n) is 24.7. The molecule has 43 heavy (non-hydrogen) atoms. The molecule has 1 aromatic carbocycles. The van der Waals surface area contributed by atoms with Gasteiger partial charge in [-0.2, -0.15) is 0 Å². The summed E-state index contributed by atoms with van der Waals surface area (Å²) >= 11 is 0. The van der Waals surface area contributed by atoms with E-state index in [4.69, 9.17) is 16.2 Å². The molecule has 0 bridgehead atoms. The molecule has 0 saturated carbocycles. The lowest BCUT2D eigenvalue weighted by Crippen LogP contribution is -2.56. The van der Waals surface area contributed by atoms with E-state index in [2.05, 4.69) is 55.9 Å². The Balaban J connectivity index is 1.48. The number of nitrogens with zero attached hydrogens (tertiary/aromatic N) is 6. The van der Waals surface area contributed by atoms with E-state index in [0.29, 0.717) is 53.3 Å². The van der Waals surface area contributed by atoms with E-state index in [1.165, 1.54) is 18.3 Å². The molecule has 2 atom stereocenters. The van der Waals surface area contributed by atoms with Crippen molar-refractivity contribution in [2.24, 2.45) is 11.1 Å². The van der Waals surface area contributed by atoms with Gasteiger partial charge in [0.1, 0.15) is 28.6 Å². The van der Waals surface area contributed by atoms with Crippen molar-refractivity contribution < 1.29 is 18.7 Å². The van der Waals surface area contributed by atoms with Gasteiger partial charge in [0.25, 0.3) is 5.91 Å². The summed E-state index contributed by atoms with van der Waals surface area (Å²) in [6.45, 7) is 10.4. The number of halogens is 1. The number of carbonyl (C=O) groups excluding carboxylic acids is 2. The maximum absolute atomic E-state index is 14.1. The molecule has 0 spiro atoms. The van der Waals surface area contributed by atoms with Gasteiger partial charge in [-0.15, -0.1) is 0 Å². The number of nitrogens with two attached hydrogens (primary N) is 2. The lowest BCUT2D eigenvalue weighted by molar-refractivity contribution is -0.00932. The number of nitrogen functional groups attached to an aromatic ring is 1. The first-order valence-corrected chi connectivity index (χ1v) is 13.8. The van der Waals surface area contributed by atoms with Gasteiger partial charge in [-0.1, -0.05) is 20.8 Å². The van der Waals surface area contributed by atoms with Crippen LogP contribution in [0.15, 0.2) is 42.7 Å². The first-order chi connectivity index (χ1) is 20.2. The number of amides is 2. The van der Waals surface area contributed by atoms with Crippen molar-refractivity contribution in [3.05, 3.63) is 60.1 Å². The Morgan fingerprint density at radius 3 is 2.65 bits per heavy atom. The predicted octanol–water partition coefficient (Wildman–Crippen LogP) is 4.63. The number of nitrogens with one attached hydrogen (secondary N) is 1. The minimum Gasteiger partial charge on any atom is -0.443 e. The van der Waals surface area contributed by atoms with E-state index in [1.807, 2.05) is 13.0 Å². The van der Waals surface area contributed by atoms with Gasteiger partial charge in [-0.25, -0.2) is 34.1 Å². The van der Waals surface area contributed by atoms with Crippen LogP contribution in [0.4, 0.5) is 26.5 Å². The number of hydrogen-bond donors (Lipinski definition) is 3. The summed E-state index contributed by atoms with van der Waals surface area (Å²) in [6.07, 6.45) is 3.20. The average Bonchev–Trinajstić information content (AvgIpc) is 2.92. The predicted molar refractivity (Wildman–Crippen MR) is 161 cm³/mol. The number of pyridine rings is 1. The second-order valence-corrected chi connectivity index (χ2v) is 12.0. The summed E-state index contributed by atoms with van der Waals surface area (Å²) in [6, 6.07) is 7.75. The molecule has 12 nitrogen and oxygen atoms in total. The van der Waals surface area contributed by atoms with Crippen LogP contribution in [0.25, 0.3) is 22.3 Å². The van der Waals surface area contributed by atoms with Crippen molar-refractivity contribution in [3.63, 3.8) is 0 Å². The molecule has 1 aliphatic heterocycles. The summed E-state index contributed by atoms with van der Waals surface area (Å²) in [5, 5.41) is 3.28. The second-order valence-electron chi connectivity index (χ2n) is 12.0. The molecular weight excluding hydrogens is 553 g/mol. The van der Waals surface area contributed by atoms with Crippen LogP contribution in [0, 0.1) is 18.2 Å². The molecule has 2 unspecified atom stereocenters. The molecular formula is C30H34FN9O3. The summed E-state index contributed by atoms with van der Waals surface area (Å²) in [4.78, 5) is 49.3. The fourth-order valence-corrected chi connectivity index (χ4v) is 5.51. The first kappa shape index (κ1) is 29.5. The number of aryl methyl sites for hydroxylation is 1. The van der Waals surface area contributed by atoms with Crippen LogP contribution in [0.1, 0.15) is 56.8 Å². The number of benzene rings is 1. The Morgan fingerprint density at radius 1 is 1.16 bits per heavy atom. The molecule has 1 fully saturated rings. The molecule has 0 aliphatic carbocycles. The van der Waals surface area contributed by atoms with E-state index >= 15 is 0 Å². The Morgan fingerprint density at radius 2 is 1.93 bits per heavy atom. The molecule has 1 saturated heterocycles. The molecule has 4 heterocycles. The lowest BCUT2D eigenvalue weighted by atomic mass is 9.75. The monoisotopic (exact) mass is 587 g/mol. The number of ether oxygens (including phenoxy) is 1. The van der Waals surface area contributed by atoms with Crippen LogP contribution in [0.3, 0.4) is 0 Å². The van der Waals surface area contributed by atoms with Gasteiger partial charge in [0, 0.05) is 37.0 Å². The van der Waals surface area contributed by atoms with Crippen molar-refractivity contribution >= 4 is 40.2 Å².